The molecule has 2 atom stereocenters. The van der Waals surface area contributed by atoms with Crippen LogP contribution in [0.5, 0.6) is 0 Å². The molecular weight excluding hydrogens is 422 g/mol. The number of amides is 2. The summed E-state index contributed by atoms with van der Waals surface area (Å²) in [7, 11) is 0. The van der Waals surface area contributed by atoms with Gasteiger partial charge in [0.15, 0.2) is 0 Å². The Kier molecular flexibility index (Phi) is 5.71. The molecule has 2 fully saturated rings. The van der Waals surface area contributed by atoms with Gasteiger partial charge in [-0.25, -0.2) is 8.78 Å². The number of morpholine rings is 1. The fourth-order valence-electron chi connectivity index (χ4n) is 4.94. The van der Waals surface area contributed by atoms with E-state index in [4.69, 9.17) is 9.47 Å². The maximum absolute atomic E-state index is 13.1. The van der Waals surface area contributed by atoms with E-state index in [1.165, 1.54) is 0 Å². The van der Waals surface area contributed by atoms with Crippen molar-refractivity contribution in [3.05, 3.63) is 34.9 Å². The minimum atomic E-state index is -2.71. The normalized spacial score (nSPS) is 25.7. The van der Waals surface area contributed by atoms with Crippen LogP contribution in [0.2, 0.25) is 0 Å². The van der Waals surface area contributed by atoms with Gasteiger partial charge in [0.1, 0.15) is 0 Å². The number of hydrogen-bond donors (Lipinski definition) is 1. The second kappa shape index (κ2) is 8.65. The second-order valence-electron chi connectivity index (χ2n) is 8.72. The Morgan fingerprint density at radius 3 is 2.84 bits per heavy atom. The molecule has 1 saturated heterocycles. The molecule has 1 aromatic carbocycles. The van der Waals surface area contributed by atoms with Crippen molar-refractivity contribution in [1.82, 2.24) is 15.2 Å². The number of rotatable bonds is 5. The smallest absolute Gasteiger partial charge is 0.294 e. The molecule has 0 radical (unpaired) electrons. The fraction of sp³-hybridized carbons (Fsp3) is 0.591. The van der Waals surface area contributed by atoms with Crippen LogP contribution in [-0.4, -0.2) is 72.5 Å². The van der Waals surface area contributed by atoms with E-state index in [-0.39, 0.29) is 29.7 Å². The van der Waals surface area contributed by atoms with Crippen molar-refractivity contribution in [1.29, 1.82) is 0 Å². The number of fused-ring (bicyclic) bond motifs is 1. The summed E-state index contributed by atoms with van der Waals surface area (Å²) < 4.78 is 36.4. The first-order valence-corrected chi connectivity index (χ1v) is 11.1. The van der Waals surface area contributed by atoms with Crippen molar-refractivity contribution in [2.24, 2.45) is 11.0 Å². The number of carbonyl (C=O) groups excluding carboxylic acids is 2. The van der Waals surface area contributed by atoms with E-state index < -0.39 is 12.7 Å². The molecule has 5 rings (SSSR count). The molecule has 1 unspecified atom stereocenters. The van der Waals surface area contributed by atoms with Crippen LogP contribution in [0.25, 0.3) is 0 Å². The van der Waals surface area contributed by atoms with E-state index >= 15 is 0 Å². The first-order chi connectivity index (χ1) is 15.5. The maximum Gasteiger partial charge on any atom is 0.294 e. The van der Waals surface area contributed by atoms with Gasteiger partial charge in [0, 0.05) is 36.7 Å². The highest BCUT2D eigenvalue weighted by Crippen LogP contribution is 2.30. The molecule has 1 N–H and O–H groups in total. The third-order valence-electron chi connectivity index (χ3n) is 6.64. The lowest BCUT2D eigenvalue weighted by atomic mass is 10.0. The van der Waals surface area contributed by atoms with E-state index in [0.29, 0.717) is 44.0 Å². The molecule has 8 nitrogen and oxygen atoms in total. The van der Waals surface area contributed by atoms with Crippen LogP contribution in [0, 0.1) is 5.92 Å². The Hall–Kier alpha value is -2.75. The van der Waals surface area contributed by atoms with Crippen LogP contribution in [0.4, 0.5) is 8.78 Å². The molecule has 1 aliphatic carbocycles. The molecule has 1 saturated carbocycles. The molecule has 0 aromatic heterocycles. The summed E-state index contributed by atoms with van der Waals surface area (Å²) in [5.41, 5.74) is 4.07. The van der Waals surface area contributed by atoms with Crippen LogP contribution >= 0.6 is 0 Å². The molecule has 3 heterocycles. The van der Waals surface area contributed by atoms with E-state index in [1.54, 1.807) is 23.1 Å². The summed E-state index contributed by atoms with van der Waals surface area (Å²) in [6, 6.07) is 4.96. The quantitative estimate of drug-likeness (QED) is 0.745. The van der Waals surface area contributed by atoms with Crippen LogP contribution in [0.3, 0.4) is 0 Å². The van der Waals surface area contributed by atoms with Gasteiger partial charge < -0.3 is 19.3 Å². The zero-order valence-electron chi connectivity index (χ0n) is 17.6. The summed E-state index contributed by atoms with van der Waals surface area (Å²) in [5.74, 6) is 0.151. The van der Waals surface area contributed by atoms with E-state index in [1.807, 2.05) is 4.90 Å². The standard InChI is InChI=1S/C22H26F2N4O4/c23-18(24)20-26-25-19(32-20)14-5-6-15-10-27(22(30)17(15)9-14)11-16-12-31-8-7-28(16)21(29)13-3-1-2-4-13/h5-6,9,13,16,18,20,26H,1-4,7-8,10-12H2/t16-,20?/m0/s1. The Morgan fingerprint density at radius 2 is 2.09 bits per heavy atom. The third kappa shape index (κ3) is 3.92. The van der Waals surface area contributed by atoms with Gasteiger partial charge in [-0.2, -0.15) is 0 Å². The number of carbonyl (C=O) groups is 2. The molecule has 0 spiro atoms. The zero-order chi connectivity index (χ0) is 22.2. The number of nitrogens with zero attached hydrogens (tertiary/aromatic N) is 3. The summed E-state index contributed by atoms with van der Waals surface area (Å²) in [4.78, 5) is 29.8. The maximum atomic E-state index is 13.1. The van der Waals surface area contributed by atoms with Gasteiger partial charge in [-0.3, -0.25) is 15.0 Å². The van der Waals surface area contributed by atoms with Gasteiger partial charge in [0.25, 0.3) is 12.3 Å². The highest BCUT2D eigenvalue weighted by atomic mass is 19.3. The van der Waals surface area contributed by atoms with E-state index in [9.17, 15) is 18.4 Å². The van der Waals surface area contributed by atoms with Gasteiger partial charge >= 0.3 is 0 Å². The molecule has 3 aliphatic heterocycles. The van der Waals surface area contributed by atoms with Crippen LogP contribution in [-0.2, 0) is 20.8 Å². The van der Waals surface area contributed by atoms with Gasteiger partial charge in [-0.15, -0.1) is 5.10 Å². The Balaban J connectivity index is 1.28. The van der Waals surface area contributed by atoms with Crippen molar-refractivity contribution >= 4 is 17.7 Å². The average molecular weight is 448 g/mol. The van der Waals surface area contributed by atoms with E-state index in [0.717, 1.165) is 31.2 Å². The van der Waals surface area contributed by atoms with E-state index in [2.05, 4.69) is 10.5 Å². The Bertz CT molecular complexity index is 935. The van der Waals surface area contributed by atoms with Crippen molar-refractivity contribution < 1.29 is 27.8 Å². The topological polar surface area (TPSA) is 83.5 Å². The summed E-state index contributed by atoms with van der Waals surface area (Å²) >= 11 is 0. The van der Waals surface area contributed by atoms with Crippen molar-refractivity contribution in [3.63, 3.8) is 0 Å². The molecule has 32 heavy (non-hydrogen) atoms. The number of alkyl halides is 2. The second-order valence-corrected chi connectivity index (χ2v) is 8.72. The minimum Gasteiger partial charge on any atom is -0.445 e. The first kappa shape index (κ1) is 21.1. The zero-order valence-corrected chi connectivity index (χ0v) is 17.6. The lowest BCUT2D eigenvalue weighted by Crippen LogP contribution is -2.54. The number of ether oxygens (including phenoxy) is 2. The molecule has 172 valence electrons. The van der Waals surface area contributed by atoms with Gasteiger partial charge in [-0.1, -0.05) is 18.9 Å². The number of hydrazone groups is 1. The fourth-order valence-corrected chi connectivity index (χ4v) is 4.94. The summed E-state index contributed by atoms with van der Waals surface area (Å²) in [5, 5.41) is 3.82. The minimum absolute atomic E-state index is 0.0402. The molecule has 0 bridgehead atoms. The predicted octanol–water partition coefficient (Wildman–Crippen LogP) is 1.93. The lowest BCUT2D eigenvalue weighted by molar-refractivity contribution is -0.144. The number of halogens is 2. The lowest BCUT2D eigenvalue weighted by Gasteiger charge is -2.39. The average Bonchev–Trinajstić information content (AvgIpc) is 3.55. The first-order valence-electron chi connectivity index (χ1n) is 11.1. The predicted molar refractivity (Wildman–Crippen MR) is 110 cm³/mol. The summed E-state index contributed by atoms with van der Waals surface area (Å²) in [6.45, 7) is 2.31. The van der Waals surface area contributed by atoms with Gasteiger partial charge in [0.05, 0.1) is 19.3 Å². The SMILES string of the molecule is O=C1c2cc(C3=NNC(C(F)F)O3)ccc2CN1C[C@H]1COCCN1C(=O)C1CCCC1. The third-order valence-corrected chi connectivity index (χ3v) is 6.64. The molecule has 2 amide bonds. The van der Waals surface area contributed by atoms with Crippen molar-refractivity contribution in [3.8, 4) is 0 Å². The van der Waals surface area contributed by atoms with Crippen molar-refractivity contribution in [2.45, 2.75) is 50.9 Å². The number of hydrogen-bond acceptors (Lipinski definition) is 6. The largest absolute Gasteiger partial charge is 0.445 e. The molecule has 1 aromatic rings. The highest BCUT2D eigenvalue weighted by molar-refractivity contribution is 6.02. The van der Waals surface area contributed by atoms with Gasteiger partial charge in [0.2, 0.25) is 18.0 Å². The van der Waals surface area contributed by atoms with Crippen molar-refractivity contribution in [2.75, 3.05) is 26.3 Å². The molecule has 4 aliphatic rings. The monoisotopic (exact) mass is 448 g/mol. The summed E-state index contributed by atoms with van der Waals surface area (Å²) in [6.07, 6.45) is -0.137. The number of nitrogens with one attached hydrogen (secondary N) is 1. The Labute approximate surface area is 184 Å². The molecule has 10 heteroatoms. The van der Waals surface area contributed by atoms with Crippen LogP contribution < -0.4 is 5.43 Å². The molecular formula is C22H26F2N4O4. The van der Waals surface area contributed by atoms with Crippen LogP contribution in [0.15, 0.2) is 23.3 Å². The Morgan fingerprint density at radius 1 is 1.28 bits per heavy atom. The van der Waals surface area contributed by atoms with Crippen LogP contribution in [0.1, 0.15) is 47.2 Å². The van der Waals surface area contributed by atoms with Gasteiger partial charge in [-0.05, 0) is 30.5 Å². The highest BCUT2D eigenvalue weighted by Gasteiger charge is 2.37. The number of benzene rings is 1.